The van der Waals surface area contributed by atoms with E-state index in [1.807, 2.05) is 12.1 Å². The lowest BCUT2D eigenvalue weighted by Gasteiger charge is -2.50. The van der Waals surface area contributed by atoms with Crippen LogP contribution in [-0.4, -0.2) is 10.3 Å². The van der Waals surface area contributed by atoms with Gasteiger partial charge < -0.3 is 0 Å². The summed E-state index contributed by atoms with van der Waals surface area (Å²) >= 11 is 5.10. The summed E-state index contributed by atoms with van der Waals surface area (Å²) in [4.78, 5) is 0.825. The highest BCUT2D eigenvalue weighted by Crippen LogP contribution is 2.52. The molecule has 4 aliphatic rings. The molecule has 4 bridgehead atoms. The predicted octanol–water partition coefficient (Wildman–Crippen LogP) is 6.82. The van der Waals surface area contributed by atoms with E-state index in [1.165, 1.54) is 49.9 Å². The molecule has 1 heterocycles. The van der Waals surface area contributed by atoms with Crippen LogP contribution in [0, 0.1) is 29.5 Å². The molecule has 0 radical (unpaired) electrons. The van der Waals surface area contributed by atoms with E-state index in [2.05, 4.69) is 38.0 Å². The predicted molar refractivity (Wildman–Crippen MR) is 127 cm³/mol. The van der Waals surface area contributed by atoms with E-state index in [0.717, 1.165) is 38.1 Å². The lowest BCUT2D eigenvalue weighted by atomic mass is 9.55. The largest absolute Gasteiger partial charge is 0.284 e. The fraction of sp³-hybridized carbons (Fsp3) is 0.360. The molecule has 0 N–H and O–H groups in total. The SMILES string of the molecule is Fc1ccc(-n2c(-c3ccc(Br)cc3)cs/c2=N/N=C2C3CC4CC(C3)CC2C4)cc1. The van der Waals surface area contributed by atoms with Crippen LogP contribution in [0.3, 0.4) is 0 Å². The van der Waals surface area contributed by atoms with E-state index in [4.69, 9.17) is 10.2 Å². The van der Waals surface area contributed by atoms with Gasteiger partial charge in [-0.3, -0.25) is 4.57 Å². The third kappa shape index (κ3) is 3.64. The Labute approximate surface area is 193 Å². The summed E-state index contributed by atoms with van der Waals surface area (Å²) in [6.45, 7) is 0. The Hall–Kier alpha value is -2.05. The number of nitrogens with zero attached hydrogens (tertiary/aromatic N) is 3. The van der Waals surface area contributed by atoms with Crippen molar-refractivity contribution in [2.75, 3.05) is 0 Å². The second kappa shape index (κ2) is 7.82. The van der Waals surface area contributed by atoms with Gasteiger partial charge in [-0.2, -0.15) is 5.10 Å². The molecule has 7 rings (SSSR count). The molecule has 0 aliphatic heterocycles. The van der Waals surface area contributed by atoms with Gasteiger partial charge in [-0.05, 0) is 97.7 Å². The molecular weight excluding hydrogens is 473 g/mol. The van der Waals surface area contributed by atoms with Gasteiger partial charge in [0.1, 0.15) is 5.82 Å². The molecule has 31 heavy (non-hydrogen) atoms. The van der Waals surface area contributed by atoms with Crippen molar-refractivity contribution in [3.63, 3.8) is 0 Å². The van der Waals surface area contributed by atoms with Gasteiger partial charge in [0, 0.05) is 21.3 Å². The molecule has 0 atom stereocenters. The Bertz CT molecular complexity index is 1180. The maximum absolute atomic E-state index is 13.6. The molecule has 6 heteroatoms. The summed E-state index contributed by atoms with van der Waals surface area (Å²) < 4.78 is 16.7. The first kappa shape index (κ1) is 19.6. The van der Waals surface area contributed by atoms with Gasteiger partial charge >= 0.3 is 0 Å². The minimum atomic E-state index is -0.239. The quantitative estimate of drug-likeness (QED) is 0.356. The molecule has 4 fully saturated rings. The molecule has 4 aliphatic carbocycles. The number of hydrogen-bond donors (Lipinski definition) is 0. The molecule has 0 saturated heterocycles. The zero-order chi connectivity index (χ0) is 20.9. The van der Waals surface area contributed by atoms with Crippen LogP contribution >= 0.6 is 27.3 Å². The Morgan fingerprint density at radius 3 is 2.13 bits per heavy atom. The Kier molecular flexibility index (Phi) is 4.95. The van der Waals surface area contributed by atoms with Crippen molar-refractivity contribution in [3.05, 3.63) is 69.0 Å². The van der Waals surface area contributed by atoms with Crippen LogP contribution in [0.25, 0.3) is 16.9 Å². The topological polar surface area (TPSA) is 29.6 Å². The lowest BCUT2D eigenvalue weighted by Crippen LogP contribution is -2.45. The second-order valence-corrected chi connectivity index (χ2v) is 10.9. The Morgan fingerprint density at radius 2 is 1.48 bits per heavy atom. The van der Waals surface area contributed by atoms with Crippen molar-refractivity contribution in [1.29, 1.82) is 0 Å². The summed E-state index contributed by atoms with van der Waals surface area (Å²) in [6.07, 6.45) is 6.63. The number of halogens is 2. The second-order valence-electron chi connectivity index (χ2n) is 9.15. The van der Waals surface area contributed by atoms with E-state index in [9.17, 15) is 4.39 Å². The van der Waals surface area contributed by atoms with Crippen LogP contribution in [0.4, 0.5) is 4.39 Å². The van der Waals surface area contributed by atoms with E-state index in [1.54, 1.807) is 23.5 Å². The lowest BCUT2D eigenvalue weighted by molar-refractivity contribution is 0.108. The first-order valence-electron chi connectivity index (χ1n) is 11.0. The van der Waals surface area contributed by atoms with Crippen molar-refractivity contribution >= 4 is 33.0 Å². The Balaban J connectivity index is 1.46. The first-order valence-corrected chi connectivity index (χ1v) is 12.6. The van der Waals surface area contributed by atoms with Gasteiger partial charge in [-0.25, -0.2) is 4.39 Å². The van der Waals surface area contributed by atoms with Crippen LogP contribution in [0.1, 0.15) is 32.1 Å². The average Bonchev–Trinajstić information content (AvgIpc) is 3.18. The minimum Gasteiger partial charge on any atom is -0.284 e. The first-order chi connectivity index (χ1) is 15.1. The van der Waals surface area contributed by atoms with E-state index >= 15 is 0 Å². The Morgan fingerprint density at radius 1 is 0.839 bits per heavy atom. The molecule has 1 aromatic heterocycles. The minimum absolute atomic E-state index is 0.239. The average molecular weight is 496 g/mol. The molecule has 158 valence electrons. The van der Waals surface area contributed by atoms with Crippen LogP contribution in [0.2, 0.25) is 0 Å². The molecule has 0 amide bonds. The van der Waals surface area contributed by atoms with Crippen molar-refractivity contribution in [3.8, 4) is 16.9 Å². The smallest absolute Gasteiger partial charge is 0.215 e. The number of rotatable bonds is 3. The third-order valence-electron chi connectivity index (χ3n) is 7.16. The summed E-state index contributed by atoms with van der Waals surface area (Å²) in [6, 6.07) is 14.8. The van der Waals surface area contributed by atoms with Gasteiger partial charge in [0.25, 0.3) is 0 Å². The van der Waals surface area contributed by atoms with Crippen LogP contribution in [0.15, 0.2) is 68.6 Å². The van der Waals surface area contributed by atoms with E-state index in [0.29, 0.717) is 11.8 Å². The van der Waals surface area contributed by atoms with E-state index < -0.39 is 0 Å². The zero-order valence-corrected chi connectivity index (χ0v) is 19.4. The number of thiazole rings is 1. The molecule has 0 spiro atoms. The third-order valence-corrected chi connectivity index (χ3v) is 8.50. The zero-order valence-electron chi connectivity index (χ0n) is 17.0. The van der Waals surface area contributed by atoms with Gasteiger partial charge in [0.15, 0.2) is 0 Å². The van der Waals surface area contributed by atoms with Crippen molar-refractivity contribution in [2.24, 2.45) is 33.9 Å². The van der Waals surface area contributed by atoms with Crippen LogP contribution in [0.5, 0.6) is 0 Å². The van der Waals surface area contributed by atoms with E-state index in [-0.39, 0.29) is 5.82 Å². The molecule has 2 aromatic carbocycles. The highest BCUT2D eigenvalue weighted by molar-refractivity contribution is 9.10. The summed E-state index contributed by atoms with van der Waals surface area (Å²) in [5.41, 5.74) is 4.35. The maximum Gasteiger partial charge on any atom is 0.215 e. The normalized spacial score (nSPS) is 27.2. The summed E-state index contributed by atoms with van der Waals surface area (Å²) in [5, 5.41) is 11.8. The number of hydrogen-bond acceptors (Lipinski definition) is 3. The standard InChI is InChI=1S/C25H23BrFN3S/c26-20-3-1-17(2-4-20)23-14-31-25(30(23)22-7-5-21(27)6-8-22)29-28-24-18-10-15-9-16(12-18)13-19(24)11-15/h1-8,14-16,18-19H,9-13H2/b28-24?,29-25+. The molecule has 0 unspecified atom stereocenters. The number of benzene rings is 2. The van der Waals surface area contributed by atoms with Gasteiger partial charge in [0.05, 0.1) is 5.69 Å². The van der Waals surface area contributed by atoms with Crippen molar-refractivity contribution < 1.29 is 4.39 Å². The molecule has 3 aromatic rings. The van der Waals surface area contributed by atoms with Crippen LogP contribution < -0.4 is 4.80 Å². The summed E-state index contributed by atoms with van der Waals surface area (Å²) in [7, 11) is 0. The monoisotopic (exact) mass is 495 g/mol. The number of aromatic nitrogens is 1. The van der Waals surface area contributed by atoms with Gasteiger partial charge in [-0.1, -0.05) is 28.1 Å². The fourth-order valence-corrected chi connectivity index (χ4v) is 7.09. The molecule has 3 nitrogen and oxygen atoms in total. The highest BCUT2D eigenvalue weighted by Gasteiger charge is 2.46. The van der Waals surface area contributed by atoms with Crippen molar-refractivity contribution in [2.45, 2.75) is 32.1 Å². The van der Waals surface area contributed by atoms with Gasteiger partial charge in [-0.15, -0.1) is 16.4 Å². The maximum atomic E-state index is 13.6. The van der Waals surface area contributed by atoms with Crippen LogP contribution in [-0.2, 0) is 0 Å². The molecular formula is C25H23BrFN3S. The fourth-order valence-electron chi connectivity index (χ4n) is 5.97. The van der Waals surface area contributed by atoms with Gasteiger partial charge in [0.2, 0.25) is 4.80 Å². The highest BCUT2D eigenvalue weighted by atomic mass is 79.9. The molecule has 4 saturated carbocycles. The summed E-state index contributed by atoms with van der Waals surface area (Å²) in [5.74, 6) is 2.85. The van der Waals surface area contributed by atoms with Crippen molar-refractivity contribution in [1.82, 2.24) is 4.57 Å².